The molecule has 1 unspecified atom stereocenters. The van der Waals surface area contributed by atoms with Gasteiger partial charge in [0.25, 0.3) is 0 Å². The smallest absolute Gasteiger partial charge is 0.123 e. The van der Waals surface area contributed by atoms with E-state index in [1.807, 2.05) is 6.07 Å². The summed E-state index contributed by atoms with van der Waals surface area (Å²) in [4.78, 5) is 0. The van der Waals surface area contributed by atoms with Crippen molar-refractivity contribution in [3.63, 3.8) is 0 Å². The van der Waals surface area contributed by atoms with Crippen LogP contribution >= 0.6 is 0 Å². The summed E-state index contributed by atoms with van der Waals surface area (Å²) in [6, 6.07) is 6.65. The Morgan fingerprint density at radius 2 is 2.33 bits per heavy atom. The third-order valence-electron chi connectivity index (χ3n) is 2.15. The van der Waals surface area contributed by atoms with Gasteiger partial charge in [0.1, 0.15) is 5.82 Å². The van der Waals surface area contributed by atoms with Crippen LogP contribution in [0.4, 0.5) is 4.39 Å². The Balaban J connectivity index is 2.21. The minimum atomic E-state index is -0.178. The first-order valence-corrected chi connectivity index (χ1v) is 4.23. The van der Waals surface area contributed by atoms with E-state index in [0.29, 0.717) is 0 Å². The van der Waals surface area contributed by atoms with Crippen molar-refractivity contribution in [3.8, 4) is 0 Å². The Hall–Kier alpha value is -0.890. The van der Waals surface area contributed by atoms with E-state index in [1.54, 1.807) is 12.1 Å². The lowest BCUT2D eigenvalue weighted by atomic mass is 10.1. The van der Waals surface area contributed by atoms with E-state index in [2.05, 4.69) is 0 Å². The maximum absolute atomic E-state index is 12.8. The van der Waals surface area contributed by atoms with Crippen molar-refractivity contribution in [1.82, 2.24) is 0 Å². The molecule has 12 heavy (non-hydrogen) atoms. The molecule has 1 atom stereocenters. The molecule has 1 aromatic carbocycles. The van der Waals surface area contributed by atoms with E-state index in [4.69, 9.17) is 4.74 Å². The Kier molecular flexibility index (Phi) is 2.09. The number of rotatable bonds is 1. The lowest BCUT2D eigenvalue weighted by molar-refractivity contribution is 0.111. The lowest BCUT2D eigenvalue weighted by Crippen LogP contribution is -1.95. The highest BCUT2D eigenvalue weighted by atomic mass is 19.1. The Morgan fingerprint density at radius 1 is 1.42 bits per heavy atom. The van der Waals surface area contributed by atoms with Crippen LogP contribution in [0.5, 0.6) is 0 Å². The number of hydrogen-bond donors (Lipinski definition) is 0. The molecule has 0 bridgehead atoms. The maximum Gasteiger partial charge on any atom is 0.123 e. The van der Waals surface area contributed by atoms with Crippen LogP contribution < -0.4 is 0 Å². The quantitative estimate of drug-likeness (QED) is 0.623. The van der Waals surface area contributed by atoms with Crippen LogP contribution in [-0.2, 0) is 4.74 Å². The monoisotopic (exact) mass is 166 g/mol. The molecule has 1 aliphatic heterocycles. The second kappa shape index (κ2) is 3.23. The average molecular weight is 166 g/mol. The van der Waals surface area contributed by atoms with Gasteiger partial charge in [-0.05, 0) is 30.5 Å². The van der Waals surface area contributed by atoms with Crippen molar-refractivity contribution >= 4 is 0 Å². The summed E-state index contributed by atoms with van der Waals surface area (Å²) in [6.07, 6.45) is 2.23. The first kappa shape index (κ1) is 7.74. The molecule has 1 heterocycles. The van der Waals surface area contributed by atoms with E-state index in [1.165, 1.54) is 6.07 Å². The molecule has 64 valence electrons. The second-order valence-electron chi connectivity index (χ2n) is 3.06. The molecule has 0 radical (unpaired) electrons. The topological polar surface area (TPSA) is 9.23 Å². The summed E-state index contributed by atoms with van der Waals surface area (Å²) in [5.74, 6) is -0.178. The van der Waals surface area contributed by atoms with E-state index >= 15 is 0 Å². The fraction of sp³-hybridized carbons (Fsp3) is 0.400. The summed E-state index contributed by atoms with van der Waals surface area (Å²) in [6.45, 7) is 0.807. The van der Waals surface area contributed by atoms with Gasteiger partial charge in [0.15, 0.2) is 0 Å². The van der Waals surface area contributed by atoms with Gasteiger partial charge in [-0.1, -0.05) is 12.1 Å². The minimum absolute atomic E-state index is 0.126. The Bertz CT molecular complexity index is 266. The van der Waals surface area contributed by atoms with Gasteiger partial charge in [0.05, 0.1) is 6.10 Å². The molecule has 0 aliphatic carbocycles. The number of hydrogen-bond acceptors (Lipinski definition) is 1. The summed E-state index contributed by atoms with van der Waals surface area (Å²) in [5.41, 5.74) is 0.965. The molecular weight excluding hydrogens is 155 g/mol. The Morgan fingerprint density at radius 3 is 3.00 bits per heavy atom. The van der Waals surface area contributed by atoms with Gasteiger partial charge >= 0.3 is 0 Å². The van der Waals surface area contributed by atoms with Crippen molar-refractivity contribution < 1.29 is 9.13 Å². The van der Waals surface area contributed by atoms with Gasteiger partial charge in [-0.15, -0.1) is 0 Å². The summed E-state index contributed by atoms with van der Waals surface area (Å²) < 4.78 is 18.2. The third kappa shape index (κ3) is 1.48. The number of benzene rings is 1. The van der Waals surface area contributed by atoms with Gasteiger partial charge in [-0.25, -0.2) is 4.39 Å². The molecule has 0 spiro atoms. The van der Waals surface area contributed by atoms with Crippen molar-refractivity contribution in [2.75, 3.05) is 6.61 Å². The fourth-order valence-corrected chi connectivity index (χ4v) is 1.55. The maximum atomic E-state index is 12.8. The van der Waals surface area contributed by atoms with E-state index in [-0.39, 0.29) is 11.9 Å². The summed E-state index contributed by atoms with van der Waals surface area (Å²) in [5, 5.41) is 0. The van der Waals surface area contributed by atoms with Crippen LogP contribution in [0.15, 0.2) is 24.3 Å². The first-order chi connectivity index (χ1) is 5.86. The van der Waals surface area contributed by atoms with Crippen molar-refractivity contribution in [2.45, 2.75) is 18.9 Å². The van der Waals surface area contributed by atoms with E-state index in [0.717, 1.165) is 25.0 Å². The molecule has 1 nitrogen and oxygen atoms in total. The van der Waals surface area contributed by atoms with Gasteiger partial charge in [-0.3, -0.25) is 0 Å². The number of halogens is 1. The molecule has 1 saturated heterocycles. The van der Waals surface area contributed by atoms with Crippen molar-refractivity contribution in [3.05, 3.63) is 35.6 Å². The highest BCUT2D eigenvalue weighted by molar-refractivity contribution is 5.19. The normalized spacial score (nSPS) is 22.9. The molecule has 1 aliphatic rings. The van der Waals surface area contributed by atoms with Crippen LogP contribution in [0.2, 0.25) is 0 Å². The standard InChI is InChI=1S/C10H11FO/c11-9-4-1-3-8(7-9)10-5-2-6-12-10/h1,3-4,7,10H,2,5-6H2. The highest BCUT2D eigenvalue weighted by Crippen LogP contribution is 2.28. The van der Waals surface area contributed by atoms with Crippen LogP contribution in [0.1, 0.15) is 24.5 Å². The molecule has 1 fully saturated rings. The van der Waals surface area contributed by atoms with Gasteiger partial charge in [0.2, 0.25) is 0 Å². The third-order valence-corrected chi connectivity index (χ3v) is 2.15. The molecule has 0 aromatic heterocycles. The van der Waals surface area contributed by atoms with Crippen molar-refractivity contribution in [1.29, 1.82) is 0 Å². The molecule has 0 amide bonds. The van der Waals surface area contributed by atoms with E-state index in [9.17, 15) is 4.39 Å². The van der Waals surface area contributed by atoms with Gasteiger partial charge < -0.3 is 4.74 Å². The molecule has 2 rings (SSSR count). The molecule has 0 N–H and O–H groups in total. The SMILES string of the molecule is Fc1cccc(C2CCCO2)c1. The summed E-state index contributed by atoms with van der Waals surface area (Å²) in [7, 11) is 0. The lowest BCUT2D eigenvalue weighted by Gasteiger charge is -2.08. The Labute approximate surface area is 71.2 Å². The fourth-order valence-electron chi connectivity index (χ4n) is 1.55. The first-order valence-electron chi connectivity index (χ1n) is 4.23. The van der Waals surface area contributed by atoms with Gasteiger partial charge in [0, 0.05) is 6.61 Å². The molecule has 2 heteroatoms. The zero-order chi connectivity index (χ0) is 8.39. The molecular formula is C10H11FO. The average Bonchev–Trinajstić information content (AvgIpc) is 2.56. The summed E-state index contributed by atoms with van der Waals surface area (Å²) >= 11 is 0. The largest absolute Gasteiger partial charge is 0.374 e. The number of ether oxygens (including phenoxy) is 1. The second-order valence-corrected chi connectivity index (χ2v) is 3.06. The van der Waals surface area contributed by atoms with Crippen molar-refractivity contribution in [2.24, 2.45) is 0 Å². The predicted molar refractivity (Wildman–Crippen MR) is 44.3 cm³/mol. The van der Waals surface area contributed by atoms with Crippen LogP contribution in [-0.4, -0.2) is 6.61 Å². The molecule has 0 saturated carbocycles. The van der Waals surface area contributed by atoms with Gasteiger partial charge in [-0.2, -0.15) is 0 Å². The van der Waals surface area contributed by atoms with Crippen LogP contribution in [0.3, 0.4) is 0 Å². The van der Waals surface area contributed by atoms with Crippen LogP contribution in [0.25, 0.3) is 0 Å². The van der Waals surface area contributed by atoms with Crippen LogP contribution in [0, 0.1) is 5.82 Å². The minimum Gasteiger partial charge on any atom is -0.374 e. The zero-order valence-corrected chi connectivity index (χ0v) is 6.79. The van der Waals surface area contributed by atoms with E-state index < -0.39 is 0 Å². The highest BCUT2D eigenvalue weighted by Gasteiger charge is 2.17. The molecule has 1 aromatic rings. The predicted octanol–water partition coefficient (Wildman–Crippen LogP) is 2.68. The zero-order valence-electron chi connectivity index (χ0n) is 6.79.